The Labute approximate surface area is 128 Å². The Hall–Kier alpha value is -0.810. The lowest BCUT2D eigenvalue weighted by Gasteiger charge is -2.53. The summed E-state index contributed by atoms with van der Waals surface area (Å²) in [5.41, 5.74) is 0.203. The fourth-order valence-corrected chi connectivity index (χ4v) is 3.38. The number of hydrogen-bond donors (Lipinski definition) is 1. The summed E-state index contributed by atoms with van der Waals surface area (Å²) >= 11 is 0. The van der Waals surface area contributed by atoms with E-state index in [-0.39, 0.29) is 11.5 Å². The summed E-state index contributed by atoms with van der Waals surface area (Å²) in [7, 11) is 0. The van der Waals surface area contributed by atoms with Crippen LogP contribution in [-0.4, -0.2) is 55.5 Å². The first-order valence-electron chi connectivity index (χ1n) is 8.28. The molecule has 1 aliphatic carbocycles. The van der Waals surface area contributed by atoms with Crippen LogP contribution in [0.3, 0.4) is 0 Å². The van der Waals surface area contributed by atoms with Crippen molar-refractivity contribution in [2.24, 2.45) is 5.41 Å². The molecular weight excluding hydrogens is 268 g/mol. The van der Waals surface area contributed by atoms with Crippen LogP contribution in [0.5, 0.6) is 0 Å². The van der Waals surface area contributed by atoms with Gasteiger partial charge in [0.1, 0.15) is 0 Å². The normalized spacial score (nSPS) is 29.0. The highest BCUT2D eigenvalue weighted by molar-refractivity contribution is 5.67. The highest BCUT2D eigenvalue weighted by Crippen LogP contribution is 2.43. The van der Waals surface area contributed by atoms with Gasteiger partial charge in [-0.2, -0.15) is 0 Å². The maximum atomic E-state index is 11.7. The van der Waals surface area contributed by atoms with E-state index in [0.29, 0.717) is 24.8 Å². The topological polar surface area (TPSA) is 50.8 Å². The maximum absolute atomic E-state index is 11.7. The number of likely N-dealkylation sites (tertiary alicyclic amines) is 1. The molecule has 1 saturated heterocycles. The predicted octanol–water partition coefficient (Wildman–Crippen LogP) is 2.40. The first kappa shape index (κ1) is 16.6. The van der Waals surface area contributed by atoms with Crippen LogP contribution in [0.4, 0.5) is 4.79 Å². The van der Waals surface area contributed by atoms with Crippen LogP contribution < -0.4 is 5.32 Å². The molecular formula is C16H30N2O3. The molecule has 0 aromatic carbocycles. The zero-order valence-electron chi connectivity index (χ0n) is 13.9. The number of nitrogens with zero attached hydrogens (tertiary/aromatic N) is 1. The monoisotopic (exact) mass is 298 g/mol. The molecule has 0 bridgehead atoms. The van der Waals surface area contributed by atoms with Crippen LogP contribution in [0.2, 0.25) is 0 Å². The Morgan fingerprint density at radius 1 is 1.24 bits per heavy atom. The van der Waals surface area contributed by atoms with Crippen LogP contribution in [0, 0.1) is 5.41 Å². The van der Waals surface area contributed by atoms with Gasteiger partial charge in [-0.1, -0.05) is 13.8 Å². The van der Waals surface area contributed by atoms with Gasteiger partial charge in [-0.05, 0) is 33.1 Å². The summed E-state index contributed by atoms with van der Waals surface area (Å²) in [6.07, 6.45) is 3.31. The van der Waals surface area contributed by atoms with E-state index >= 15 is 0 Å². The third-order valence-corrected chi connectivity index (χ3v) is 5.00. The fraction of sp³-hybridized carbons (Fsp3) is 0.938. The Morgan fingerprint density at radius 2 is 1.90 bits per heavy atom. The molecule has 1 saturated carbocycles. The number of hydrogen-bond acceptors (Lipinski definition) is 4. The second kappa shape index (κ2) is 6.97. The Balaban J connectivity index is 1.73. The van der Waals surface area contributed by atoms with Crippen LogP contribution in [-0.2, 0) is 9.47 Å². The van der Waals surface area contributed by atoms with Crippen molar-refractivity contribution in [2.75, 3.05) is 26.3 Å². The van der Waals surface area contributed by atoms with E-state index in [1.807, 2.05) is 11.8 Å². The molecule has 2 aliphatic rings. The van der Waals surface area contributed by atoms with Crippen LogP contribution in [0.15, 0.2) is 0 Å². The van der Waals surface area contributed by atoms with Crippen molar-refractivity contribution in [3.8, 4) is 0 Å². The van der Waals surface area contributed by atoms with Gasteiger partial charge in [-0.15, -0.1) is 0 Å². The van der Waals surface area contributed by atoms with Gasteiger partial charge >= 0.3 is 6.09 Å². The molecule has 1 amide bonds. The van der Waals surface area contributed by atoms with E-state index in [2.05, 4.69) is 26.1 Å². The second-order valence-corrected chi connectivity index (χ2v) is 6.68. The molecule has 2 atom stereocenters. The third kappa shape index (κ3) is 3.69. The van der Waals surface area contributed by atoms with Crippen molar-refractivity contribution in [3.05, 3.63) is 0 Å². The fourth-order valence-electron chi connectivity index (χ4n) is 3.38. The van der Waals surface area contributed by atoms with Crippen LogP contribution in [0.1, 0.15) is 47.0 Å². The van der Waals surface area contributed by atoms with E-state index in [1.54, 1.807) is 0 Å². The molecule has 0 radical (unpaired) electrons. The quantitative estimate of drug-likeness (QED) is 0.847. The number of nitrogens with one attached hydrogen (secondary N) is 1. The van der Waals surface area contributed by atoms with Gasteiger partial charge in [-0.3, -0.25) is 0 Å². The zero-order valence-corrected chi connectivity index (χ0v) is 13.9. The molecule has 5 nitrogen and oxygen atoms in total. The molecule has 0 aromatic heterocycles. The highest BCUT2D eigenvalue weighted by Gasteiger charge is 2.49. The Kier molecular flexibility index (Phi) is 5.49. The Morgan fingerprint density at radius 3 is 2.43 bits per heavy atom. The highest BCUT2D eigenvalue weighted by atomic mass is 16.6. The number of ether oxygens (including phenoxy) is 2. The maximum Gasteiger partial charge on any atom is 0.409 e. The van der Waals surface area contributed by atoms with E-state index in [9.17, 15) is 4.79 Å². The van der Waals surface area contributed by atoms with Crippen molar-refractivity contribution >= 4 is 6.09 Å². The molecule has 1 N–H and O–H groups in total. The van der Waals surface area contributed by atoms with Gasteiger partial charge in [0.25, 0.3) is 0 Å². The minimum Gasteiger partial charge on any atom is -0.450 e. The molecule has 2 rings (SSSR count). The number of piperidine rings is 1. The second-order valence-electron chi connectivity index (χ2n) is 6.68. The van der Waals surface area contributed by atoms with E-state index < -0.39 is 0 Å². The molecule has 2 unspecified atom stereocenters. The van der Waals surface area contributed by atoms with Crippen LogP contribution in [0.25, 0.3) is 0 Å². The molecule has 1 aliphatic heterocycles. The number of carbonyl (C=O) groups is 1. The summed E-state index contributed by atoms with van der Waals surface area (Å²) in [6, 6.07) is 1.02. The largest absolute Gasteiger partial charge is 0.450 e. The average molecular weight is 298 g/mol. The number of amides is 1. The molecule has 122 valence electrons. The summed E-state index contributed by atoms with van der Waals surface area (Å²) in [5.74, 6) is 0. The van der Waals surface area contributed by atoms with Crippen molar-refractivity contribution in [1.29, 1.82) is 0 Å². The smallest absolute Gasteiger partial charge is 0.409 e. The minimum absolute atomic E-state index is 0.170. The molecule has 0 spiro atoms. The van der Waals surface area contributed by atoms with Gasteiger partial charge in [0.2, 0.25) is 0 Å². The van der Waals surface area contributed by atoms with Gasteiger partial charge in [0.05, 0.1) is 12.7 Å². The first-order chi connectivity index (χ1) is 9.98. The van der Waals surface area contributed by atoms with E-state index in [4.69, 9.17) is 9.47 Å². The third-order valence-electron chi connectivity index (χ3n) is 5.00. The lowest BCUT2D eigenvalue weighted by Crippen LogP contribution is -2.63. The van der Waals surface area contributed by atoms with E-state index in [0.717, 1.165) is 39.0 Å². The van der Waals surface area contributed by atoms with Gasteiger partial charge in [-0.25, -0.2) is 4.79 Å². The number of carbonyl (C=O) groups excluding carboxylic acids is 1. The molecule has 0 aromatic rings. The van der Waals surface area contributed by atoms with E-state index in [1.165, 1.54) is 0 Å². The minimum atomic E-state index is -0.170. The van der Waals surface area contributed by atoms with Crippen molar-refractivity contribution in [1.82, 2.24) is 10.2 Å². The standard InChI is InChI=1S/C16H30N2O3/c1-5-20-14-11-13(16(14,3)4)17-12-7-9-18(10-8-12)15(19)21-6-2/h12-14,17H,5-11H2,1-4H3. The molecule has 2 fully saturated rings. The Bertz CT molecular complexity index is 351. The lowest BCUT2D eigenvalue weighted by molar-refractivity contribution is -0.117. The summed E-state index contributed by atoms with van der Waals surface area (Å²) in [6.45, 7) is 11.3. The zero-order chi connectivity index (χ0) is 15.5. The van der Waals surface area contributed by atoms with Gasteiger partial charge in [0.15, 0.2) is 0 Å². The first-order valence-corrected chi connectivity index (χ1v) is 8.28. The molecule has 21 heavy (non-hydrogen) atoms. The van der Waals surface area contributed by atoms with Gasteiger partial charge < -0.3 is 19.7 Å². The van der Waals surface area contributed by atoms with Crippen LogP contribution >= 0.6 is 0 Å². The molecule has 1 heterocycles. The van der Waals surface area contributed by atoms with Crippen molar-refractivity contribution in [3.63, 3.8) is 0 Å². The van der Waals surface area contributed by atoms with Crippen molar-refractivity contribution < 1.29 is 14.3 Å². The van der Waals surface area contributed by atoms with Crippen molar-refractivity contribution in [2.45, 2.75) is 65.1 Å². The molecule has 5 heteroatoms. The summed E-state index contributed by atoms with van der Waals surface area (Å²) in [5, 5.41) is 3.77. The number of rotatable bonds is 5. The summed E-state index contributed by atoms with van der Waals surface area (Å²) in [4.78, 5) is 13.5. The SMILES string of the molecule is CCOC(=O)N1CCC(NC2CC(OCC)C2(C)C)CC1. The lowest BCUT2D eigenvalue weighted by atomic mass is 9.64. The average Bonchev–Trinajstić information content (AvgIpc) is 2.47. The van der Waals surface area contributed by atoms with Gasteiger partial charge in [0, 0.05) is 37.2 Å². The predicted molar refractivity (Wildman–Crippen MR) is 82.4 cm³/mol. The summed E-state index contributed by atoms with van der Waals surface area (Å²) < 4.78 is 10.8.